The first-order valence-corrected chi connectivity index (χ1v) is 8.52. The van der Waals surface area contributed by atoms with Crippen molar-refractivity contribution in [1.82, 2.24) is 4.98 Å². The molecule has 0 aliphatic heterocycles. The van der Waals surface area contributed by atoms with Crippen LogP contribution in [0.15, 0.2) is 54.9 Å². The number of fused-ring (bicyclic) bond motifs is 2. The Balaban J connectivity index is 1.67. The van der Waals surface area contributed by atoms with Crippen molar-refractivity contribution < 1.29 is 4.79 Å². The van der Waals surface area contributed by atoms with E-state index < -0.39 is 0 Å². The van der Waals surface area contributed by atoms with Gasteiger partial charge in [0.2, 0.25) is 5.91 Å². The third kappa shape index (κ3) is 2.76. The third-order valence-corrected chi connectivity index (χ3v) is 4.90. The largest absolute Gasteiger partial charge is 0.324 e. The lowest BCUT2D eigenvalue weighted by molar-refractivity contribution is -0.117. The predicted molar refractivity (Wildman–Crippen MR) is 97.5 cm³/mol. The number of benzene rings is 2. The molecule has 0 fully saturated rings. The van der Waals surface area contributed by atoms with Gasteiger partial charge in [-0.05, 0) is 42.5 Å². The molecule has 4 heteroatoms. The summed E-state index contributed by atoms with van der Waals surface area (Å²) in [6, 6.07) is 13.8. The Morgan fingerprint density at radius 3 is 2.96 bits per heavy atom. The topological polar surface area (TPSA) is 42.0 Å². The maximum absolute atomic E-state index is 12.9. The van der Waals surface area contributed by atoms with E-state index in [2.05, 4.69) is 10.3 Å². The Hall–Kier alpha value is -2.39. The van der Waals surface area contributed by atoms with Crippen LogP contribution in [0.25, 0.3) is 10.8 Å². The summed E-state index contributed by atoms with van der Waals surface area (Å²) in [5, 5.41) is 5.77. The number of carbonyl (C=O) groups is 1. The standard InChI is InChI=1S/C20H17ClN2O/c21-15-9-8-13-5-3-7-17(18(13)10-15)20(24)23-19-12-22-11-14-4-1-2-6-16(14)19/h1-2,4,6,8-12,17H,3,5,7H2,(H,23,24). The SMILES string of the molecule is O=C(Nc1cncc2ccccc12)C1CCCc2ccc(Cl)cc21. The van der Waals surface area contributed by atoms with Gasteiger partial charge in [0, 0.05) is 22.0 Å². The van der Waals surface area contributed by atoms with Crippen molar-refractivity contribution in [3.8, 4) is 0 Å². The zero-order valence-corrected chi connectivity index (χ0v) is 13.9. The summed E-state index contributed by atoms with van der Waals surface area (Å²) in [6.07, 6.45) is 6.38. The molecule has 1 N–H and O–H groups in total. The minimum Gasteiger partial charge on any atom is -0.324 e. The molecule has 2 aromatic carbocycles. The zero-order chi connectivity index (χ0) is 16.5. The van der Waals surface area contributed by atoms with Crippen molar-refractivity contribution in [2.45, 2.75) is 25.2 Å². The Kier molecular flexibility index (Phi) is 3.95. The van der Waals surface area contributed by atoms with E-state index in [1.807, 2.05) is 42.5 Å². The Labute approximate surface area is 145 Å². The van der Waals surface area contributed by atoms with Gasteiger partial charge >= 0.3 is 0 Å². The molecule has 0 spiro atoms. The average Bonchev–Trinajstić information content (AvgIpc) is 2.61. The molecule has 0 bridgehead atoms. The second-order valence-corrected chi connectivity index (χ2v) is 6.62. The fraction of sp³-hybridized carbons (Fsp3) is 0.200. The summed E-state index contributed by atoms with van der Waals surface area (Å²) in [7, 11) is 0. The van der Waals surface area contributed by atoms with Gasteiger partial charge in [-0.2, -0.15) is 0 Å². The zero-order valence-electron chi connectivity index (χ0n) is 13.1. The van der Waals surface area contributed by atoms with Crippen molar-refractivity contribution in [3.63, 3.8) is 0 Å². The number of anilines is 1. The van der Waals surface area contributed by atoms with E-state index in [1.54, 1.807) is 12.4 Å². The molecule has 3 nitrogen and oxygen atoms in total. The van der Waals surface area contributed by atoms with Gasteiger partial charge in [-0.15, -0.1) is 0 Å². The second-order valence-electron chi connectivity index (χ2n) is 6.19. The van der Waals surface area contributed by atoms with Gasteiger partial charge < -0.3 is 5.32 Å². The van der Waals surface area contributed by atoms with Crippen LogP contribution in [0.1, 0.15) is 29.9 Å². The molecule has 1 aliphatic rings. The van der Waals surface area contributed by atoms with Crippen LogP contribution >= 0.6 is 11.6 Å². The monoisotopic (exact) mass is 336 g/mol. The molecular weight excluding hydrogens is 320 g/mol. The summed E-state index contributed by atoms with van der Waals surface area (Å²) in [4.78, 5) is 17.1. The number of hydrogen-bond acceptors (Lipinski definition) is 2. The van der Waals surface area contributed by atoms with Gasteiger partial charge in [0.1, 0.15) is 0 Å². The number of halogens is 1. The van der Waals surface area contributed by atoms with E-state index in [0.29, 0.717) is 5.02 Å². The van der Waals surface area contributed by atoms with E-state index in [9.17, 15) is 4.79 Å². The molecule has 4 rings (SSSR count). The Bertz CT molecular complexity index is 917. The first-order chi connectivity index (χ1) is 11.7. The molecule has 0 saturated carbocycles. The van der Waals surface area contributed by atoms with E-state index >= 15 is 0 Å². The fourth-order valence-corrected chi connectivity index (χ4v) is 3.66. The van der Waals surface area contributed by atoms with Crippen LogP contribution in [0.5, 0.6) is 0 Å². The van der Waals surface area contributed by atoms with Gasteiger partial charge in [-0.1, -0.05) is 41.9 Å². The Morgan fingerprint density at radius 2 is 2.04 bits per heavy atom. The number of pyridine rings is 1. The van der Waals surface area contributed by atoms with Gasteiger partial charge in [-0.25, -0.2) is 0 Å². The number of nitrogens with one attached hydrogen (secondary N) is 1. The van der Waals surface area contributed by atoms with Crippen LogP contribution < -0.4 is 5.32 Å². The van der Waals surface area contributed by atoms with Crippen molar-refractivity contribution >= 4 is 34.0 Å². The van der Waals surface area contributed by atoms with Gasteiger partial charge in [0.05, 0.1) is 17.8 Å². The maximum Gasteiger partial charge on any atom is 0.231 e. The molecule has 1 amide bonds. The van der Waals surface area contributed by atoms with Gasteiger partial charge in [-0.3, -0.25) is 9.78 Å². The van der Waals surface area contributed by atoms with E-state index in [0.717, 1.165) is 41.3 Å². The molecular formula is C20H17ClN2O. The van der Waals surface area contributed by atoms with E-state index in [-0.39, 0.29) is 11.8 Å². The smallest absolute Gasteiger partial charge is 0.231 e. The molecule has 24 heavy (non-hydrogen) atoms. The number of nitrogens with zero attached hydrogens (tertiary/aromatic N) is 1. The maximum atomic E-state index is 12.9. The highest BCUT2D eigenvalue weighted by Crippen LogP contribution is 2.34. The van der Waals surface area contributed by atoms with Crippen molar-refractivity contribution in [2.75, 3.05) is 5.32 Å². The van der Waals surface area contributed by atoms with Crippen LogP contribution in [-0.2, 0) is 11.2 Å². The highest BCUT2D eigenvalue weighted by atomic mass is 35.5. The lowest BCUT2D eigenvalue weighted by atomic mass is 9.82. The summed E-state index contributed by atoms with van der Waals surface area (Å²) in [6.45, 7) is 0. The minimum absolute atomic E-state index is 0.0105. The molecule has 1 atom stereocenters. The van der Waals surface area contributed by atoms with Crippen molar-refractivity contribution in [3.05, 3.63) is 71.0 Å². The molecule has 1 unspecified atom stereocenters. The van der Waals surface area contributed by atoms with Crippen LogP contribution in [0.3, 0.4) is 0 Å². The highest BCUT2D eigenvalue weighted by molar-refractivity contribution is 6.30. The molecule has 120 valence electrons. The summed E-state index contributed by atoms with van der Waals surface area (Å²) in [5.74, 6) is -0.150. The number of rotatable bonds is 2. The molecule has 1 heterocycles. The molecule has 3 aromatic rings. The van der Waals surface area contributed by atoms with E-state index in [1.165, 1.54) is 5.56 Å². The van der Waals surface area contributed by atoms with E-state index in [4.69, 9.17) is 11.6 Å². The lowest BCUT2D eigenvalue weighted by Gasteiger charge is -2.25. The number of amides is 1. The fourth-order valence-electron chi connectivity index (χ4n) is 3.48. The molecule has 0 saturated heterocycles. The Morgan fingerprint density at radius 1 is 1.17 bits per heavy atom. The lowest BCUT2D eigenvalue weighted by Crippen LogP contribution is -2.25. The van der Waals surface area contributed by atoms with Crippen LogP contribution in [0.4, 0.5) is 5.69 Å². The van der Waals surface area contributed by atoms with Crippen LogP contribution in [0.2, 0.25) is 5.02 Å². The number of carbonyl (C=O) groups excluding carboxylic acids is 1. The average molecular weight is 337 g/mol. The summed E-state index contributed by atoms with van der Waals surface area (Å²) < 4.78 is 0. The highest BCUT2D eigenvalue weighted by Gasteiger charge is 2.27. The number of aryl methyl sites for hydroxylation is 1. The van der Waals surface area contributed by atoms with Crippen molar-refractivity contribution in [2.24, 2.45) is 0 Å². The van der Waals surface area contributed by atoms with Gasteiger partial charge in [0.25, 0.3) is 0 Å². The number of hydrogen-bond donors (Lipinski definition) is 1. The third-order valence-electron chi connectivity index (χ3n) is 4.66. The second kappa shape index (κ2) is 6.25. The number of aromatic nitrogens is 1. The van der Waals surface area contributed by atoms with Crippen LogP contribution in [-0.4, -0.2) is 10.9 Å². The minimum atomic E-state index is -0.161. The first-order valence-electron chi connectivity index (χ1n) is 8.14. The van der Waals surface area contributed by atoms with Gasteiger partial charge in [0.15, 0.2) is 0 Å². The first kappa shape index (κ1) is 15.2. The van der Waals surface area contributed by atoms with Crippen LogP contribution in [0, 0.1) is 0 Å². The molecule has 1 aliphatic carbocycles. The normalized spacial score (nSPS) is 16.6. The van der Waals surface area contributed by atoms with Crippen molar-refractivity contribution in [1.29, 1.82) is 0 Å². The predicted octanol–water partition coefficient (Wildman–Crippen LogP) is 4.95. The quantitative estimate of drug-likeness (QED) is 0.719. The summed E-state index contributed by atoms with van der Waals surface area (Å²) >= 11 is 6.14. The molecule has 0 radical (unpaired) electrons. The molecule has 1 aromatic heterocycles. The summed E-state index contributed by atoms with van der Waals surface area (Å²) in [5.41, 5.74) is 3.04.